The van der Waals surface area contributed by atoms with Gasteiger partial charge in [-0.25, -0.2) is 0 Å². The summed E-state index contributed by atoms with van der Waals surface area (Å²) in [4.78, 5) is 11.6. The van der Waals surface area contributed by atoms with Crippen LogP contribution in [0.1, 0.15) is 46.0 Å². The Bertz CT molecular complexity index is 217. The number of rotatable bonds is 6. The first kappa shape index (κ1) is 15.7. The van der Waals surface area contributed by atoms with Crippen LogP contribution in [0.2, 0.25) is 0 Å². The Kier molecular flexibility index (Phi) is 7.00. The molecule has 1 fully saturated rings. The van der Waals surface area contributed by atoms with Crippen LogP contribution in [0, 0.1) is 11.3 Å². The van der Waals surface area contributed by atoms with Gasteiger partial charge in [-0.2, -0.15) is 0 Å². The van der Waals surface area contributed by atoms with Crippen molar-refractivity contribution >= 4 is 18.3 Å². The van der Waals surface area contributed by atoms with Gasteiger partial charge >= 0.3 is 0 Å². The Labute approximate surface area is 105 Å². The summed E-state index contributed by atoms with van der Waals surface area (Å²) in [5, 5.41) is 3.04. The lowest BCUT2D eigenvalue weighted by Gasteiger charge is -2.42. The average Bonchev–Trinajstić information content (AvgIpc) is 2.20. The molecule has 1 rings (SSSR count). The highest BCUT2D eigenvalue weighted by Crippen LogP contribution is 2.44. The van der Waals surface area contributed by atoms with Gasteiger partial charge in [0.2, 0.25) is 5.91 Å². The third-order valence-electron chi connectivity index (χ3n) is 3.63. The van der Waals surface area contributed by atoms with Crippen molar-refractivity contribution in [2.75, 3.05) is 13.1 Å². The lowest BCUT2D eigenvalue weighted by atomic mass is 9.66. The van der Waals surface area contributed by atoms with Crippen molar-refractivity contribution in [2.45, 2.75) is 46.0 Å². The van der Waals surface area contributed by atoms with Crippen LogP contribution in [0.3, 0.4) is 0 Å². The summed E-state index contributed by atoms with van der Waals surface area (Å²) in [6.07, 6.45) is 6.32. The quantitative estimate of drug-likeness (QED) is 0.756. The highest BCUT2D eigenvalue weighted by molar-refractivity contribution is 5.85. The van der Waals surface area contributed by atoms with Crippen molar-refractivity contribution < 1.29 is 4.79 Å². The van der Waals surface area contributed by atoms with Gasteiger partial charge in [0.05, 0.1) is 0 Å². The molecule has 1 aliphatic rings. The molecule has 0 aromatic carbocycles. The molecule has 0 bridgehead atoms. The fourth-order valence-electron chi connectivity index (χ4n) is 2.28. The highest BCUT2D eigenvalue weighted by Gasteiger charge is 2.36. The van der Waals surface area contributed by atoms with Crippen LogP contribution < -0.4 is 11.1 Å². The molecule has 0 aromatic rings. The summed E-state index contributed by atoms with van der Waals surface area (Å²) in [5.41, 5.74) is 5.87. The molecule has 0 spiro atoms. The first-order valence-corrected chi connectivity index (χ1v) is 6.11. The van der Waals surface area contributed by atoms with Gasteiger partial charge in [0.25, 0.3) is 0 Å². The van der Waals surface area contributed by atoms with Gasteiger partial charge < -0.3 is 11.1 Å². The smallest absolute Gasteiger partial charge is 0.224 e. The topological polar surface area (TPSA) is 55.1 Å². The monoisotopic (exact) mass is 248 g/mol. The standard InChI is InChI=1S/C12H24N2O.ClH/c1-3-5-12(6-4-7-12)9-14-11(15)10(2)8-13;/h10H,3-9,13H2,1-2H3,(H,14,15);1H. The fraction of sp³-hybridized carbons (Fsp3) is 0.917. The van der Waals surface area contributed by atoms with Gasteiger partial charge in [-0.1, -0.05) is 26.7 Å². The van der Waals surface area contributed by atoms with Crippen molar-refractivity contribution in [3.63, 3.8) is 0 Å². The summed E-state index contributed by atoms with van der Waals surface area (Å²) in [6, 6.07) is 0. The molecule has 96 valence electrons. The van der Waals surface area contributed by atoms with E-state index in [9.17, 15) is 4.79 Å². The highest BCUT2D eigenvalue weighted by atomic mass is 35.5. The van der Waals surface area contributed by atoms with Gasteiger partial charge in [-0.15, -0.1) is 12.4 Å². The Morgan fingerprint density at radius 2 is 2.12 bits per heavy atom. The molecular weight excluding hydrogens is 224 g/mol. The van der Waals surface area contributed by atoms with Crippen LogP contribution in [0.5, 0.6) is 0 Å². The van der Waals surface area contributed by atoms with Crippen molar-refractivity contribution in [3.8, 4) is 0 Å². The summed E-state index contributed by atoms with van der Waals surface area (Å²) < 4.78 is 0. The number of hydrogen-bond acceptors (Lipinski definition) is 2. The van der Waals surface area contributed by atoms with Crippen LogP contribution in [-0.2, 0) is 4.79 Å². The second kappa shape index (κ2) is 7.13. The zero-order valence-corrected chi connectivity index (χ0v) is 11.2. The number of nitrogens with two attached hydrogens (primary N) is 1. The number of hydrogen-bond donors (Lipinski definition) is 2. The van der Waals surface area contributed by atoms with Crippen molar-refractivity contribution in [2.24, 2.45) is 17.1 Å². The van der Waals surface area contributed by atoms with Crippen LogP contribution in [-0.4, -0.2) is 19.0 Å². The first-order valence-electron chi connectivity index (χ1n) is 6.11. The summed E-state index contributed by atoms with van der Waals surface area (Å²) in [7, 11) is 0. The molecule has 16 heavy (non-hydrogen) atoms. The third-order valence-corrected chi connectivity index (χ3v) is 3.63. The fourth-order valence-corrected chi connectivity index (χ4v) is 2.28. The molecule has 4 heteroatoms. The van der Waals surface area contributed by atoms with E-state index in [1.807, 2.05) is 6.92 Å². The maximum Gasteiger partial charge on any atom is 0.224 e. The summed E-state index contributed by atoms with van der Waals surface area (Å²) >= 11 is 0. The predicted molar refractivity (Wildman–Crippen MR) is 69.7 cm³/mol. The van der Waals surface area contributed by atoms with E-state index in [1.54, 1.807) is 0 Å². The Morgan fingerprint density at radius 1 is 1.50 bits per heavy atom. The van der Waals surface area contributed by atoms with Crippen molar-refractivity contribution in [1.29, 1.82) is 0 Å². The molecule has 1 amide bonds. The van der Waals surface area contributed by atoms with Crippen molar-refractivity contribution in [3.05, 3.63) is 0 Å². The molecule has 0 heterocycles. The van der Waals surface area contributed by atoms with E-state index in [1.165, 1.54) is 32.1 Å². The second-order valence-electron chi connectivity index (χ2n) is 4.96. The maximum absolute atomic E-state index is 11.6. The minimum atomic E-state index is -0.0521. The molecule has 1 atom stereocenters. The van der Waals surface area contributed by atoms with E-state index in [0.29, 0.717) is 12.0 Å². The lowest BCUT2D eigenvalue weighted by Crippen LogP contribution is -2.44. The van der Waals surface area contributed by atoms with E-state index < -0.39 is 0 Å². The van der Waals surface area contributed by atoms with Crippen LogP contribution in [0.15, 0.2) is 0 Å². The van der Waals surface area contributed by atoms with E-state index in [2.05, 4.69) is 12.2 Å². The lowest BCUT2D eigenvalue weighted by molar-refractivity contribution is -0.125. The number of halogens is 1. The molecule has 1 saturated carbocycles. The Balaban J connectivity index is 0.00000225. The van der Waals surface area contributed by atoms with Crippen molar-refractivity contribution in [1.82, 2.24) is 5.32 Å². The first-order chi connectivity index (χ1) is 7.13. The largest absolute Gasteiger partial charge is 0.355 e. The second-order valence-corrected chi connectivity index (χ2v) is 4.96. The number of carbonyl (C=O) groups excluding carboxylic acids is 1. The minimum absolute atomic E-state index is 0. The molecule has 0 radical (unpaired) electrons. The van der Waals surface area contributed by atoms with Gasteiger partial charge in [0.15, 0.2) is 0 Å². The van der Waals surface area contributed by atoms with Crippen LogP contribution in [0.4, 0.5) is 0 Å². The molecule has 3 nitrogen and oxygen atoms in total. The number of amides is 1. The normalized spacial score (nSPS) is 19.2. The molecule has 0 aromatic heterocycles. The molecule has 1 aliphatic carbocycles. The van der Waals surface area contributed by atoms with Crippen LogP contribution in [0.25, 0.3) is 0 Å². The molecule has 0 saturated heterocycles. The summed E-state index contributed by atoms with van der Waals surface area (Å²) in [6.45, 7) is 5.38. The third kappa shape index (κ3) is 3.95. The van der Waals surface area contributed by atoms with Gasteiger partial charge in [0.1, 0.15) is 0 Å². The van der Waals surface area contributed by atoms with E-state index in [0.717, 1.165) is 6.54 Å². The maximum atomic E-state index is 11.6. The van der Waals surface area contributed by atoms with Gasteiger partial charge in [0, 0.05) is 19.0 Å². The molecular formula is C12H25ClN2O. The Hall–Kier alpha value is -0.280. The van der Waals surface area contributed by atoms with E-state index >= 15 is 0 Å². The average molecular weight is 249 g/mol. The number of carbonyl (C=O) groups is 1. The molecule has 0 aliphatic heterocycles. The SMILES string of the molecule is CCCC1(CNC(=O)C(C)CN)CCC1.Cl. The molecule has 1 unspecified atom stereocenters. The minimum Gasteiger partial charge on any atom is -0.355 e. The van der Waals surface area contributed by atoms with E-state index in [-0.39, 0.29) is 24.2 Å². The molecule has 3 N–H and O–H groups in total. The van der Waals surface area contributed by atoms with Crippen LogP contribution >= 0.6 is 12.4 Å². The van der Waals surface area contributed by atoms with Gasteiger partial charge in [-0.3, -0.25) is 4.79 Å². The zero-order valence-electron chi connectivity index (χ0n) is 10.4. The summed E-state index contributed by atoms with van der Waals surface area (Å²) in [5.74, 6) is 0.0589. The zero-order chi connectivity index (χ0) is 11.3. The van der Waals surface area contributed by atoms with Gasteiger partial charge in [-0.05, 0) is 24.7 Å². The van der Waals surface area contributed by atoms with E-state index in [4.69, 9.17) is 5.73 Å². The Morgan fingerprint density at radius 3 is 2.50 bits per heavy atom. The predicted octanol–water partition coefficient (Wildman–Crippen LogP) is 2.09. The number of nitrogens with one attached hydrogen (secondary N) is 1.